The summed E-state index contributed by atoms with van der Waals surface area (Å²) in [6.45, 7) is 1.92. The lowest BCUT2D eigenvalue weighted by Gasteiger charge is -2.22. The van der Waals surface area contributed by atoms with Gasteiger partial charge in [-0.15, -0.1) is 0 Å². The van der Waals surface area contributed by atoms with Gasteiger partial charge in [-0.3, -0.25) is 9.69 Å². The van der Waals surface area contributed by atoms with Gasteiger partial charge in [-0.25, -0.2) is 4.79 Å². The fourth-order valence-corrected chi connectivity index (χ4v) is 2.97. The number of nitriles is 1. The van der Waals surface area contributed by atoms with Crippen molar-refractivity contribution in [2.75, 3.05) is 13.2 Å². The third-order valence-electron chi connectivity index (χ3n) is 4.25. The number of nitrogens with one attached hydrogen (secondary N) is 1. The van der Waals surface area contributed by atoms with E-state index in [2.05, 4.69) is 5.32 Å². The molecule has 132 valence electrons. The molecule has 1 fully saturated rings. The molecular formula is C19H16ClN3O3. The lowest BCUT2D eigenvalue weighted by Crippen LogP contribution is -2.41. The Morgan fingerprint density at radius 1 is 1.23 bits per heavy atom. The summed E-state index contributed by atoms with van der Waals surface area (Å²) < 4.78 is 5.56. The number of imide groups is 1. The molecule has 0 unspecified atom stereocenters. The van der Waals surface area contributed by atoms with Crippen LogP contribution < -0.4 is 10.1 Å². The van der Waals surface area contributed by atoms with Crippen molar-refractivity contribution in [2.24, 2.45) is 0 Å². The maximum absolute atomic E-state index is 12.8. The van der Waals surface area contributed by atoms with Gasteiger partial charge in [0, 0.05) is 5.02 Å². The summed E-state index contributed by atoms with van der Waals surface area (Å²) in [6.07, 6.45) is 0. The van der Waals surface area contributed by atoms with Gasteiger partial charge in [-0.2, -0.15) is 5.26 Å². The highest BCUT2D eigenvalue weighted by Crippen LogP contribution is 2.29. The van der Waals surface area contributed by atoms with E-state index in [-0.39, 0.29) is 19.1 Å². The molecule has 1 aliphatic rings. The lowest BCUT2D eigenvalue weighted by molar-refractivity contribution is -0.131. The second-order valence-corrected chi connectivity index (χ2v) is 6.44. The van der Waals surface area contributed by atoms with Gasteiger partial charge in [0.15, 0.2) is 0 Å². The van der Waals surface area contributed by atoms with Crippen LogP contribution in [0.15, 0.2) is 48.5 Å². The van der Waals surface area contributed by atoms with Gasteiger partial charge in [0.05, 0.1) is 18.2 Å². The average molecular weight is 370 g/mol. The second kappa shape index (κ2) is 7.06. The van der Waals surface area contributed by atoms with Crippen molar-refractivity contribution in [3.8, 4) is 11.8 Å². The molecule has 6 nitrogen and oxygen atoms in total. The van der Waals surface area contributed by atoms with Crippen molar-refractivity contribution in [2.45, 2.75) is 12.5 Å². The number of hydrogen-bond donors (Lipinski definition) is 1. The number of carbonyl (C=O) groups excluding carboxylic acids is 2. The molecule has 0 spiro atoms. The zero-order chi connectivity index (χ0) is 18.7. The van der Waals surface area contributed by atoms with Crippen LogP contribution in [0.25, 0.3) is 0 Å². The van der Waals surface area contributed by atoms with E-state index in [1.807, 2.05) is 6.07 Å². The first kappa shape index (κ1) is 17.8. The van der Waals surface area contributed by atoms with Gasteiger partial charge < -0.3 is 10.1 Å². The van der Waals surface area contributed by atoms with Crippen LogP contribution in [0.2, 0.25) is 5.02 Å². The predicted octanol–water partition coefficient (Wildman–Crippen LogP) is 3.06. The first-order valence-electron chi connectivity index (χ1n) is 7.97. The topological polar surface area (TPSA) is 82.4 Å². The second-order valence-electron chi connectivity index (χ2n) is 6.01. The van der Waals surface area contributed by atoms with Gasteiger partial charge in [0.25, 0.3) is 5.91 Å². The summed E-state index contributed by atoms with van der Waals surface area (Å²) in [5.41, 5.74) is -0.0600. The number of rotatable bonds is 5. The maximum atomic E-state index is 12.8. The Balaban J connectivity index is 1.69. The Kier molecular flexibility index (Phi) is 4.83. The first-order valence-corrected chi connectivity index (χ1v) is 8.35. The van der Waals surface area contributed by atoms with Crippen LogP contribution in [-0.2, 0) is 10.3 Å². The molecule has 0 aromatic heterocycles. The van der Waals surface area contributed by atoms with Crippen LogP contribution in [-0.4, -0.2) is 30.0 Å². The molecule has 2 aromatic rings. The third kappa shape index (κ3) is 3.35. The average Bonchev–Trinajstić information content (AvgIpc) is 2.86. The predicted molar refractivity (Wildman–Crippen MR) is 95.7 cm³/mol. The molecule has 26 heavy (non-hydrogen) atoms. The molecule has 0 radical (unpaired) electrons. The highest BCUT2D eigenvalue weighted by atomic mass is 35.5. The Morgan fingerprint density at radius 2 is 1.96 bits per heavy atom. The Labute approximate surface area is 155 Å². The highest BCUT2D eigenvalue weighted by Gasteiger charge is 2.48. The monoisotopic (exact) mass is 369 g/mol. The molecular weight excluding hydrogens is 354 g/mol. The molecule has 1 saturated heterocycles. The number of halogens is 1. The van der Waals surface area contributed by atoms with Crippen molar-refractivity contribution >= 4 is 23.5 Å². The highest BCUT2D eigenvalue weighted by molar-refractivity contribution is 6.30. The van der Waals surface area contributed by atoms with Crippen molar-refractivity contribution in [1.82, 2.24) is 10.2 Å². The van der Waals surface area contributed by atoms with Crippen molar-refractivity contribution in [1.29, 1.82) is 5.26 Å². The van der Waals surface area contributed by atoms with Gasteiger partial charge >= 0.3 is 6.03 Å². The minimum atomic E-state index is -1.17. The third-order valence-corrected chi connectivity index (χ3v) is 4.48. The minimum absolute atomic E-state index is 0.114. The van der Waals surface area contributed by atoms with Crippen LogP contribution in [0, 0.1) is 11.3 Å². The molecule has 1 heterocycles. The number of nitrogens with zero attached hydrogens (tertiary/aromatic N) is 2. The quantitative estimate of drug-likeness (QED) is 0.821. The molecule has 0 aliphatic carbocycles. The molecule has 1 N–H and O–H groups in total. The van der Waals surface area contributed by atoms with E-state index in [0.29, 0.717) is 21.9 Å². The van der Waals surface area contributed by atoms with E-state index < -0.39 is 11.6 Å². The Bertz CT molecular complexity index is 892. The zero-order valence-corrected chi connectivity index (χ0v) is 14.8. The number of amides is 3. The first-order chi connectivity index (χ1) is 12.4. The molecule has 3 amide bonds. The molecule has 7 heteroatoms. The van der Waals surface area contributed by atoms with E-state index in [4.69, 9.17) is 21.6 Å². The minimum Gasteiger partial charge on any atom is -0.492 e. The fourth-order valence-electron chi connectivity index (χ4n) is 2.79. The summed E-state index contributed by atoms with van der Waals surface area (Å²) in [6, 6.07) is 15.0. The van der Waals surface area contributed by atoms with Gasteiger partial charge in [0.1, 0.15) is 17.9 Å². The van der Waals surface area contributed by atoms with E-state index in [1.165, 1.54) is 0 Å². The van der Waals surface area contributed by atoms with E-state index in [9.17, 15) is 9.59 Å². The van der Waals surface area contributed by atoms with Crippen LogP contribution in [0.1, 0.15) is 18.1 Å². The van der Waals surface area contributed by atoms with Crippen LogP contribution >= 0.6 is 11.6 Å². The lowest BCUT2D eigenvalue weighted by atomic mass is 9.91. The molecule has 3 rings (SSSR count). The van der Waals surface area contributed by atoms with Gasteiger partial charge in [-0.05, 0) is 42.8 Å². The molecule has 1 atom stereocenters. The fraction of sp³-hybridized carbons (Fsp3) is 0.211. The number of carbonyl (C=O) groups is 2. The summed E-state index contributed by atoms with van der Waals surface area (Å²) in [5, 5.41) is 12.2. The van der Waals surface area contributed by atoms with E-state index in [0.717, 1.165) is 4.90 Å². The van der Waals surface area contributed by atoms with Crippen molar-refractivity contribution < 1.29 is 14.3 Å². The van der Waals surface area contributed by atoms with E-state index >= 15 is 0 Å². The number of urea groups is 1. The molecule has 0 bridgehead atoms. The summed E-state index contributed by atoms with van der Waals surface area (Å²) in [7, 11) is 0. The maximum Gasteiger partial charge on any atom is 0.325 e. The smallest absolute Gasteiger partial charge is 0.325 e. The van der Waals surface area contributed by atoms with Gasteiger partial charge in [-0.1, -0.05) is 29.8 Å². The van der Waals surface area contributed by atoms with Crippen LogP contribution in [0.4, 0.5) is 4.79 Å². The van der Waals surface area contributed by atoms with Gasteiger partial charge in [0.2, 0.25) is 0 Å². The van der Waals surface area contributed by atoms with Crippen LogP contribution in [0.5, 0.6) is 5.75 Å². The molecule has 0 saturated carbocycles. The van der Waals surface area contributed by atoms with E-state index in [1.54, 1.807) is 55.5 Å². The summed E-state index contributed by atoms with van der Waals surface area (Å²) >= 11 is 5.90. The summed E-state index contributed by atoms with van der Waals surface area (Å²) in [4.78, 5) is 26.2. The summed E-state index contributed by atoms with van der Waals surface area (Å²) in [5.74, 6) is 0.210. The standard InChI is InChI=1S/C19H16ClN3O3/c1-19(14-7-5-13(12-21)6-8-14)17(24)23(18(25)22-19)9-10-26-16-4-2-3-15(20)11-16/h2-8,11H,9-10H2,1H3,(H,22,25)/t19-/m0/s1. The Morgan fingerprint density at radius 3 is 2.62 bits per heavy atom. The van der Waals surface area contributed by atoms with Crippen LogP contribution in [0.3, 0.4) is 0 Å². The Hall–Kier alpha value is -3.04. The SMILES string of the molecule is C[C@@]1(c2ccc(C#N)cc2)NC(=O)N(CCOc2cccc(Cl)c2)C1=O. The van der Waals surface area contributed by atoms with Crippen molar-refractivity contribution in [3.05, 3.63) is 64.7 Å². The number of hydrogen-bond acceptors (Lipinski definition) is 4. The molecule has 1 aliphatic heterocycles. The zero-order valence-electron chi connectivity index (χ0n) is 14.0. The van der Waals surface area contributed by atoms with Crippen molar-refractivity contribution in [3.63, 3.8) is 0 Å². The largest absolute Gasteiger partial charge is 0.492 e. The number of ether oxygens (including phenoxy) is 1. The molecule has 2 aromatic carbocycles. The normalized spacial score (nSPS) is 19.2. The number of benzene rings is 2.